The average molecular weight is 355 g/mol. The Bertz CT molecular complexity index is 784. The standard InChI is InChI=1S/C19H21N3O4/c1-20-17(23)13-6-8-15(9-7-13)21-18(24)14-4-2-10-22(12-14)19(25)16-5-3-11-26-16/h3,5-9,11,14H,2,4,10,12H2,1H3,(H,20,23)(H,21,24). The predicted molar refractivity (Wildman–Crippen MR) is 95.8 cm³/mol. The molecule has 0 aliphatic carbocycles. The Morgan fingerprint density at radius 1 is 1.15 bits per heavy atom. The third-order valence-electron chi connectivity index (χ3n) is 4.45. The number of nitrogens with one attached hydrogen (secondary N) is 2. The van der Waals surface area contributed by atoms with Crippen molar-refractivity contribution in [3.05, 3.63) is 54.0 Å². The zero-order chi connectivity index (χ0) is 18.5. The van der Waals surface area contributed by atoms with E-state index in [1.807, 2.05) is 0 Å². The van der Waals surface area contributed by atoms with Crippen molar-refractivity contribution in [3.63, 3.8) is 0 Å². The maximum absolute atomic E-state index is 12.5. The normalized spacial score (nSPS) is 16.8. The lowest BCUT2D eigenvalue weighted by molar-refractivity contribution is -0.121. The molecule has 0 radical (unpaired) electrons. The lowest BCUT2D eigenvalue weighted by Crippen LogP contribution is -2.43. The van der Waals surface area contributed by atoms with Gasteiger partial charge >= 0.3 is 0 Å². The fourth-order valence-electron chi connectivity index (χ4n) is 3.03. The van der Waals surface area contributed by atoms with Crippen LogP contribution in [0.3, 0.4) is 0 Å². The maximum atomic E-state index is 12.5. The molecular weight excluding hydrogens is 334 g/mol. The van der Waals surface area contributed by atoms with E-state index in [-0.39, 0.29) is 29.4 Å². The van der Waals surface area contributed by atoms with Gasteiger partial charge in [0.1, 0.15) is 0 Å². The predicted octanol–water partition coefficient (Wildman–Crippen LogP) is 2.13. The van der Waals surface area contributed by atoms with Crippen LogP contribution < -0.4 is 10.6 Å². The third kappa shape index (κ3) is 3.93. The summed E-state index contributed by atoms with van der Waals surface area (Å²) in [7, 11) is 1.57. The monoisotopic (exact) mass is 355 g/mol. The molecule has 2 N–H and O–H groups in total. The zero-order valence-electron chi connectivity index (χ0n) is 14.5. The van der Waals surface area contributed by atoms with Crippen LogP contribution in [0.15, 0.2) is 47.1 Å². The van der Waals surface area contributed by atoms with E-state index in [1.54, 1.807) is 48.3 Å². The van der Waals surface area contributed by atoms with E-state index in [2.05, 4.69) is 10.6 Å². The molecule has 1 unspecified atom stereocenters. The zero-order valence-corrected chi connectivity index (χ0v) is 14.5. The second-order valence-corrected chi connectivity index (χ2v) is 6.21. The fourth-order valence-corrected chi connectivity index (χ4v) is 3.03. The Hall–Kier alpha value is -3.09. The van der Waals surface area contributed by atoms with Crippen molar-refractivity contribution in [2.45, 2.75) is 12.8 Å². The fraction of sp³-hybridized carbons (Fsp3) is 0.316. The summed E-state index contributed by atoms with van der Waals surface area (Å²) in [6.45, 7) is 0.978. The van der Waals surface area contributed by atoms with Crippen molar-refractivity contribution in [1.82, 2.24) is 10.2 Å². The van der Waals surface area contributed by atoms with Gasteiger partial charge in [0, 0.05) is 31.4 Å². The Kier molecular flexibility index (Phi) is 5.36. The summed E-state index contributed by atoms with van der Waals surface area (Å²) in [5.41, 5.74) is 1.15. The number of piperidine rings is 1. The Labute approximate surface area is 151 Å². The maximum Gasteiger partial charge on any atom is 0.289 e. The summed E-state index contributed by atoms with van der Waals surface area (Å²) < 4.78 is 5.16. The summed E-state index contributed by atoms with van der Waals surface area (Å²) in [6.07, 6.45) is 2.95. The highest BCUT2D eigenvalue weighted by molar-refractivity contribution is 5.97. The minimum absolute atomic E-state index is 0.130. The molecule has 1 aromatic carbocycles. The number of hydrogen-bond acceptors (Lipinski definition) is 4. The van der Waals surface area contributed by atoms with Crippen molar-refractivity contribution in [1.29, 1.82) is 0 Å². The smallest absolute Gasteiger partial charge is 0.289 e. The topological polar surface area (TPSA) is 91.7 Å². The minimum atomic E-state index is -0.277. The highest BCUT2D eigenvalue weighted by Gasteiger charge is 2.29. The number of nitrogens with zero attached hydrogens (tertiary/aromatic N) is 1. The van der Waals surface area contributed by atoms with Crippen molar-refractivity contribution in [2.24, 2.45) is 5.92 Å². The summed E-state index contributed by atoms with van der Waals surface area (Å²) in [5.74, 6) is -0.489. The molecule has 3 rings (SSSR count). The summed E-state index contributed by atoms with van der Waals surface area (Å²) in [5, 5.41) is 5.41. The van der Waals surface area contributed by atoms with E-state index in [4.69, 9.17) is 4.42 Å². The number of likely N-dealkylation sites (tertiary alicyclic amines) is 1. The molecule has 0 saturated carbocycles. The Morgan fingerprint density at radius 2 is 1.92 bits per heavy atom. The van der Waals surface area contributed by atoms with Crippen molar-refractivity contribution in [3.8, 4) is 0 Å². The quantitative estimate of drug-likeness (QED) is 0.879. The molecule has 7 nitrogen and oxygen atoms in total. The van der Waals surface area contributed by atoms with Gasteiger partial charge < -0.3 is 20.0 Å². The molecule has 7 heteroatoms. The molecule has 2 heterocycles. The molecule has 1 atom stereocenters. The van der Waals surface area contributed by atoms with Gasteiger partial charge in [-0.05, 0) is 49.2 Å². The van der Waals surface area contributed by atoms with E-state index in [1.165, 1.54) is 6.26 Å². The van der Waals surface area contributed by atoms with Crippen molar-refractivity contribution < 1.29 is 18.8 Å². The third-order valence-corrected chi connectivity index (χ3v) is 4.45. The summed E-state index contributed by atoms with van der Waals surface area (Å²) in [4.78, 5) is 38.1. The highest BCUT2D eigenvalue weighted by Crippen LogP contribution is 2.21. The number of rotatable bonds is 4. The van der Waals surface area contributed by atoms with Crippen molar-refractivity contribution in [2.75, 3.05) is 25.5 Å². The Balaban J connectivity index is 1.60. The lowest BCUT2D eigenvalue weighted by Gasteiger charge is -2.31. The van der Waals surface area contributed by atoms with Gasteiger partial charge in [-0.3, -0.25) is 14.4 Å². The van der Waals surface area contributed by atoms with Gasteiger partial charge in [0.2, 0.25) is 5.91 Å². The first-order valence-corrected chi connectivity index (χ1v) is 8.54. The number of amides is 3. The number of anilines is 1. The van der Waals surface area contributed by atoms with Crippen molar-refractivity contribution >= 4 is 23.4 Å². The summed E-state index contributed by atoms with van der Waals surface area (Å²) in [6, 6.07) is 9.99. The van der Waals surface area contributed by atoms with Gasteiger partial charge in [-0.2, -0.15) is 0 Å². The van der Waals surface area contributed by atoms with E-state index >= 15 is 0 Å². The van der Waals surface area contributed by atoms with Gasteiger partial charge in [-0.15, -0.1) is 0 Å². The van der Waals surface area contributed by atoms with Crippen LogP contribution in [0.5, 0.6) is 0 Å². The number of carbonyl (C=O) groups excluding carboxylic acids is 3. The molecule has 0 bridgehead atoms. The first-order valence-electron chi connectivity index (χ1n) is 8.54. The molecule has 1 aromatic heterocycles. The number of hydrogen-bond donors (Lipinski definition) is 2. The van der Waals surface area contributed by atoms with Crippen LogP contribution in [0.2, 0.25) is 0 Å². The molecule has 1 aliphatic rings. The number of furan rings is 1. The van der Waals surface area contributed by atoms with Gasteiger partial charge in [0.25, 0.3) is 11.8 Å². The van der Waals surface area contributed by atoms with Crippen LogP contribution >= 0.6 is 0 Å². The largest absolute Gasteiger partial charge is 0.459 e. The molecule has 1 fully saturated rings. The van der Waals surface area contributed by atoms with Crippen LogP contribution in [-0.2, 0) is 4.79 Å². The molecule has 1 saturated heterocycles. The van der Waals surface area contributed by atoms with E-state index < -0.39 is 0 Å². The second kappa shape index (κ2) is 7.86. The molecule has 0 spiro atoms. The second-order valence-electron chi connectivity index (χ2n) is 6.21. The van der Waals surface area contributed by atoms with Crippen LogP contribution in [0.25, 0.3) is 0 Å². The van der Waals surface area contributed by atoms with Crippen LogP contribution in [0.4, 0.5) is 5.69 Å². The molecular formula is C19H21N3O4. The van der Waals surface area contributed by atoms with Gasteiger partial charge in [0.05, 0.1) is 12.2 Å². The van der Waals surface area contributed by atoms with Crippen LogP contribution in [0, 0.1) is 5.92 Å². The summed E-state index contributed by atoms with van der Waals surface area (Å²) >= 11 is 0. The first-order chi connectivity index (χ1) is 12.6. The lowest BCUT2D eigenvalue weighted by atomic mass is 9.96. The van der Waals surface area contributed by atoms with Crippen LogP contribution in [-0.4, -0.2) is 42.8 Å². The van der Waals surface area contributed by atoms with E-state index in [0.29, 0.717) is 24.3 Å². The minimum Gasteiger partial charge on any atom is -0.459 e. The Morgan fingerprint density at radius 3 is 2.58 bits per heavy atom. The molecule has 1 aliphatic heterocycles. The van der Waals surface area contributed by atoms with Gasteiger partial charge in [0.15, 0.2) is 5.76 Å². The van der Waals surface area contributed by atoms with E-state index in [9.17, 15) is 14.4 Å². The first kappa shape index (κ1) is 17.7. The van der Waals surface area contributed by atoms with Crippen LogP contribution in [0.1, 0.15) is 33.8 Å². The molecule has 136 valence electrons. The highest BCUT2D eigenvalue weighted by atomic mass is 16.3. The number of benzene rings is 1. The molecule has 26 heavy (non-hydrogen) atoms. The SMILES string of the molecule is CNC(=O)c1ccc(NC(=O)C2CCCN(C(=O)c3ccco3)C2)cc1. The van der Waals surface area contributed by atoms with Gasteiger partial charge in [-0.1, -0.05) is 0 Å². The van der Waals surface area contributed by atoms with E-state index in [0.717, 1.165) is 12.8 Å². The number of carbonyl (C=O) groups is 3. The average Bonchev–Trinajstić information content (AvgIpc) is 3.22. The molecule has 2 aromatic rings. The van der Waals surface area contributed by atoms with Gasteiger partial charge in [-0.25, -0.2) is 0 Å². The molecule has 3 amide bonds.